The molecule has 0 spiro atoms. The van der Waals surface area contributed by atoms with Crippen molar-refractivity contribution in [1.29, 1.82) is 0 Å². The molecule has 1 aliphatic rings. The van der Waals surface area contributed by atoms with Crippen molar-refractivity contribution in [3.05, 3.63) is 24.2 Å². The number of hydrogen-bond acceptors (Lipinski definition) is 5. The summed E-state index contributed by atoms with van der Waals surface area (Å²) in [5, 5.41) is 0. The first kappa shape index (κ1) is 15.0. The SMILES string of the molecule is CS(=O)(=O)N(CC(=O)N1CCOCC1)Cc1ccco1. The molecule has 1 aromatic heterocycles. The lowest BCUT2D eigenvalue weighted by Gasteiger charge is -2.29. The Balaban J connectivity index is 2.02. The minimum Gasteiger partial charge on any atom is -0.468 e. The number of ether oxygens (including phenoxy) is 1. The number of carbonyl (C=O) groups excluding carboxylic acids is 1. The Morgan fingerprint density at radius 3 is 2.65 bits per heavy atom. The zero-order valence-corrected chi connectivity index (χ0v) is 12.1. The van der Waals surface area contributed by atoms with Gasteiger partial charge in [-0.25, -0.2) is 8.42 Å². The van der Waals surface area contributed by atoms with Crippen molar-refractivity contribution in [3.63, 3.8) is 0 Å². The largest absolute Gasteiger partial charge is 0.468 e. The quantitative estimate of drug-likeness (QED) is 0.759. The maximum atomic E-state index is 12.1. The lowest BCUT2D eigenvalue weighted by atomic mass is 10.4. The van der Waals surface area contributed by atoms with Crippen molar-refractivity contribution in [3.8, 4) is 0 Å². The molecule has 1 aliphatic heterocycles. The van der Waals surface area contributed by atoms with Crippen molar-refractivity contribution < 1.29 is 22.4 Å². The van der Waals surface area contributed by atoms with Gasteiger partial charge in [0.1, 0.15) is 5.76 Å². The lowest BCUT2D eigenvalue weighted by Crippen LogP contribution is -2.46. The Labute approximate surface area is 118 Å². The van der Waals surface area contributed by atoms with Crippen LogP contribution in [0.3, 0.4) is 0 Å². The van der Waals surface area contributed by atoms with Gasteiger partial charge in [-0.1, -0.05) is 0 Å². The normalized spacial score (nSPS) is 16.6. The van der Waals surface area contributed by atoms with E-state index in [0.717, 1.165) is 10.6 Å². The lowest BCUT2D eigenvalue weighted by molar-refractivity contribution is -0.135. The van der Waals surface area contributed by atoms with Crippen molar-refractivity contribution in [2.45, 2.75) is 6.54 Å². The van der Waals surface area contributed by atoms with Gasteiger partial charge >= 0.3 is 0 Å². The van der Waals surface area contributed by atoms with Gasteiger partial charge in [0.2, 0.25) is 15.9 Å². The number of hydrogen-bond donors (Lipinski definition) is 0. The molecule has 8 heteroatoms. The molecule has 0 aliphatic carbocycles. The first-order valence-corrected chi connectivity index (χ1v) is 8.14. The van der Waals surface area contributed by atoms with E-state index < -0.39 is 10.0 Å². The molecule has 0 saturated carbocycles. The molecule has 7 nitrogen and oxygen atoms in total. The second kappa shape index (κ2) is 6.38. The van der Waals surface area contributed by atoms with Gasteiger partial charge in [0.15, 0.2) is 0 Å². The van der Waals surface area contributed by atoms with Gasteiger partial charge in [-0.2, -0.15) is 4.31 Å². The molecule has 0 bridgehead atoms. The first-order chi connectivity index (χ1) is 9.47. The van der Waals surface area contributed by atoms with E-state index in [1.165, 1.54) is 6.26 Å². The summed E-state index contributed by atoms with van der Waals surface area (Å²) in [4.78, 5) is 13.7. The Kier molecular flexibility index (Phi) is 4.79. The van der Waals surface area contributed by atoms with Crippen LogP contribution in [0.15, 0.2) is 22.8 Å². The smallest absolute Gasteiger partial charge is 0.238 e. The van der Waals surface area contributed by atoms with Gasteiger partial charge in [0, 0.05) is 13.1 Å². The summed E-state index contributed by atoms with van der Waals surface area (Å²) in [5.74, 6) is 0.287. The van der Waals surface area contributed by atoms with Crippen LogP contribution >= 0.6 is 0 Å². The van der Waals surface area contributed by atoms with Gasteiger partial charge in [-0.3, -0.25) is 4.79 Å². The molecule has 0 aromatic carbocycles. The van der Waals surface area contributed by atoms with Crippen LogP contribution in [0.5, 0.6) is 0 Å². The maximum Gasteiger partial charge on any atom is 0.238 e. The number of carbonyl (C=O) groups is 1. The summed E-state index contributed by atoms with van der Waals surface area (Å²) in [6.45, 7) is 1.85. The van der Waals surface area contributed by atoms with Crippen LogP contribution in [0.1, 0.15) is 5.76 Å². The van der Waals surface area contributed by atoms with Crippen molar-refractivity contribution in [2.24, 2.45) is 0 Å². The fourth-order valence-electron chi connectivity index (χ4n) is 1.93. The summed E-state index contributed by atoms with van der Waals surface area (Å²) in [7, 11) is -3.48. The third-order valence-electron chi connectivity index (χ3n) is 3.06. The number of amides is 1. The van der Waals surface area contributed by atoms with Gasteiger partial charge in [-0.05, 0) is 12.1 Å². The molecule has 1 aromatic rings. The number of nitrogens with zero attached hydrogens (tertiary/aromatic N) is 2. The van der Waals surface area contributed by atoms with E-state index >= 15 is 0 Å². The fourth-order valence-corrected chi connectivity index (χ4v) is 2.64. The molecule has 0 unspecified atom stereocenters. The molecule has 112 valence electrons. The van der Waals surface area contributed by atoms with E-state index in [2.05, 4.69) is 0 Å². The van der Waals surface area contributed by atoms with Crippen molar-refractivity contribution in [2.75, 3.05) is 39.1 Å². The molecule has 2 rings (SSSR count). The number of sulfonamides is 1. The number of rotatable bonds is 5. The van der Waals surface area contributed by atoms with Crippen LogP contribution in [0, 0.1) is 0 Å². The third kappa shape index (κ3) is 4.06. The van der Waals surface area contributed by atoms with Crippen LogP contribution in [-0.2, 0) is 26.1 Å². The molecule has 0 atom stereocenters. The van der Waals surface area contributed by atoms with Crippen LogP contribution < -0.4 is 0 Å². The molecular formula is C12H18N2O5S. The van der Waals surface area contributed by atoms with Gasteiger partial charge < -0.3 is 14.1 Å². The predicted molar refractivity (Wildman–Crippen MR) is 71.4 cm³/mol. The first-order valence-electron chi connectivity index (χ1n) is 6.30. The molecule has 0 N–H and O–H groups in total. The molecule has 1 fully saturated rings. The Morgan fingerprint density at radius 1 is 1.40 bits per heavy atom. The van der Waals surface area contributed by atoms with Crippen molar-refractivity contribution in [1.82, 2.24) is 9.21 Å². The molecule has 0 radical (unpaired) electrons. The second-order valence-corrected chi connectivity index (χ2v) is 6.59. The number of morpholine rings is 1. The predicted octanol–water partition coefficient (Wildman–Crippen LogP) is -0.1000. The molecular weight excluding hydrogens is 284 g/mol. The standard InChI is InChI=1S/C12H18N2O5S/c1-20(16,17)14(9-11-3-2-6-19-11)10-12(15)13-4-7-18-8-5-13/h2-3,6H,4-5,7-10H2,1H3. The zero-order valence-electron chi connectivity index (χ0n) is 11.3. The van der Waals surface area contributed by atoms with Crippen molar-refractivity contribution >= 4 is 15.9 Å². The molecule has 20 heavy (non-hydrogen) atoms. The van der Waals surface area contributed by atoms with E-state index in [0.29, 0.717) is 32.1 Å². The summed E-state index contributed by atoms with van der Waals surface area (Å²) >= 11 is 0. The molecule has 1 amide bonds. The highest BCUT2D eigenvalue weighted by Gasteiger charge is 2.25. The van der Waals surface area contributed by atoms with Gasteiger partial charge in [-0.15, -0.1) is 0 Å². The Bertz CT molecular complexity index is 534. The summed E-state index contributed by atoms with van der Waals surface area (Å²) in [5.41, 5.74) is 0. The highest BCUT2D eigenvalue weighted by Crippen LogP contribution is 2.10. The van der Waals surface area contributed by atoms with E-state index in [1.807, 2.05) is 0 Å². The van der Waals surface area contributed by atoms with Crippen LogP contribution in [-0.4, -0.2) is 62.6 Å². The summed E-state index contributed by atoms with van der Waals surface area (Å²) in [6.07, 6.45) is 2.56. The van der Waals surface area contributed by atoms with Gasteiger partial charge in [0.05, 0.1) is 38.8 Å². The minimum atomic E-state index is -3.48. The van der Waals surface area contributed by atoms with E-state index in [4.69, 9.17) is 9.15 Å². The third-order valence-corrected chi connectivity index (χ3v) is 4.25. The Hall–Kier alpha value is -1.38. The van der Waals surface area contributed by atoms with E-state index in [1.54, 1.807) is 17.0 Å². The van der Waals surface area contributed by atoms with Gasteiger partial charge in [0.25, 0.3) is 0 Å². The summed E-state index contributed by atoms with van der Waals surface area (Å²) in [6, 6.07) is 3.36. The van der Waals surface area contributed by atoms with Crippen LogP contribution in [0.25, 0.3) is 0 Å². The second-order valence-electron chi connectivity index (χ2n) is 4.60. The van der Waals surface area contributed by atoms with Crippen LogP contribution in [0.4, 0.5) is 0 Å². The fraction of sp³-hybridized carbons (Fsp3) is 0.583. The molecule has 1 saturated heterocycles. The van der Waals surface area contributed by atoms with E-state index in [-0.39, 0.29) is 19.0 Å². The zero-order chi connectivity index (χ0) is 14.6. The summed E-state index contributed by atoms with van der Waals surface area (Å²) < 4.78 is 34.9. The Morgan fingerprint density at radius 2 is 2.10 bits per heavy atom. The molecule has 2 heterocycles. The topological polar surface area (TPSA) is 80.1 Å². The van der Waals surface area contributed by atoms with Crippen LogP contribution in [0.2, 0.25) is 0 Å². The monoisotopic (exact) mass is 302 g/mol. The average molecular weight is 302 g/mol. The highest BCUT2D eigenvalue weighted by atomic mass is 32.2. The number of furan rings is 1. The highest BCUT2D eigenvalue weighted by molar-refractivity contribution is 7.88. The van der Waals surface area contributed by atoms with E-state index in [9.17, 15) is 13.2 Å². The average Bonchev–Trinajstić information content (AvgIpc) is 2.91. The maximum absolute atomic E-state index is 12.1. The minimum absolute atomic E-state index is 0.0575.